The van der Waals surface area contributed by atoms with Crippen LogP contribution in [-0.4, -0.2) is 32.7 Å². The van der Waals surface area contributed by atoms with Crippen LogP contribution in [0.15, 0.2) is 18.2 Å². The molecular weight excluding hydrogens is 244 g/mol. The number of hydrogen-bond donors (Lipinski definition) is 2. The quantitative estimate of drug-likeness (QED) is 0.735. The number of hydrogen-bond acceptors (Lipinski definition) is 4. The standard InChI is InChI=1S/C14H22N2O3/c1-10(15)5-4-8-16-14(17)12-7-6-11(18-2)9-13(12)19-3/h6-7,9-10H,4-5,8,15H2,1-3H3,(H,16,17). The minimum atomic E-state index is -0.149. The molecule has 0 bridgehead atoms. The molecule has 1 aromatic carbocycles. The molecule has 0 fully saturated rings. The molecule has 0 aliphatic rings. The first-order valence-electron chi connectivity index (χ1n) is 6.34. The smallest absolute Gasteiger partial charge is 0.255 e. The van der Waals surface area contributed by atoms with E-state index in [1.807, 2.05) is 6.92 Å². The largest absolute Gasteiger partial charge is 0.497 e. The Morgan fingerprint density at radius 2 is 2.11 bits per heavy atom. The summed E-state index contributed by atoms with van der Waals surface area (Å²) >= 11 is 0. The highest BCUT2D eigenvalue weighted by atomic mass is 16.5. The van der Waals surface area contributed by atoms with Gasteiger partial charge in [-0.05, 0) is 31.9 Å². The van der Waals surface area contributed by atoms with Crippen molar-refractivity contribution in [1.29, 1.82) is 0 Å². The van der Waals surface area contributed by atoms with Crippen LogP contribution in [0.5, 0.6) is 11.5 Å². The van der Waals surface area contributed by atoms with Gasteiger partial charge in [0.15, 0.2) is 0 Å². The predicted octanol–water partition coefficient (Wildman–Crippen LogP) is 1.56. The molecule has 0 saturated carbocycles. The fourth-order valence-electron chi connectivity index (χ4n) is 1.71. The average Bonchev–Trinajstić information content (AvgIpc) is 2.42. The summed E-state index contributed by atoms with van der Waals surface area (Å²) in [7, 11) is 3.10. The SMILES string of the molecule is COc1ccc(C(=O)NCCCC(C)N)c(OC)c1. The van der Waals surface area contributed by atoms with Crippen molar-refractivity contribution in [2.45, 2.75) is 25.8 Å². The van der Waals surface area contributed by atoms with Crippen molar-refractivity contribution in [3.8, 4) is 11.5 Å². The molecule has 0 aromatic heterocycles. The monoisotopic (exact) mass is 266 g/mol. The Balaban J connectivity index is 2.61. The van der Waals surface area contributed by atoms with Crippen molar-refractivity contribution in [3.63, 3.8) is 0 Å². The lowest BCUT2D eigenvalue weighted by molar-refractivity contribution is 0.0949. The van der Waals surface area contributed by atoms with Gasteiger partial charge in [-0.3, -0.25) is 4.79 Å². The lowest BCUT2D eigenvalue weighted by Crippen LogP contribution is -2.26. The van der Waals surface area contributed by atoms with Gasteiger partial charge in [-0.1, -0.05) is 0 Å². The lowest BCUT2D eigenvalue weighted by atomic mass is 10.1. The highest BCUT2D eigenvalue weighted by molar-refractivity contribution is 5.97. The number of benzene rings is 1. The lowest BCUT2D eigenvalue weighted by Gasteiger charge is -2.11. The third kappa shape index (κ3) is 4.79. The van der Waals surface area contributed by atoms with Crippen LogP contribution in [-0.2, 0) is 0 Å². The molecule has 1 unspecified atom stereocenters. The first kappa shape index (κ1) is 15.3. The Morgan fingerprint density at radius 3 is 2.68 bits per heavy atom. The van der Waals surface area contributed by atoms with E-state index >= 15 is 0 Å². The van der Waals surface area contributed by atoms with Gasteiger partial charge in [0.1, 0.15) is 11.5 Å². The topological polar surface area (TPSA) is 73.6 Å². The summed E-state index contributed by atoms with van der Waals surface area (Å²) in [5.74, 6) is 1.01. The highest BCUT2D eigenvalue weighted by Gasteiger charge is 2.12. The van der Waals surface area contributed by atoms with Crippen LogP contribution < -0.4 is 20.5 Å². The number of ether oxygens (including phenoxy) is 2. The molecule has 0 radical (unpaired) electrons. The molecule has 0 aliphatic carbocycles. The maximum absolute atomic E-state index is 12.0. The summed E-state index contributed by atoms with van der Waals surface area (Å²) in [6.45, 7) is 2.56. The van der Waals surface area contributed by atoms with Gasteiger partial charge in [-0.25, -0.2) is 0 Å². The van der Waals surface area contributed by atoms with Gasteiger partial charge in [0.2, 0.25) is 0 Å². The van der Waals surface area contributed by atoms with E-state index in [1.54, 1.807) is 25.3 Å². The summed E-state index contributed by atoms with van der Waals surface area (Å²) in [4.78, 5) is 12.0. The normalized spacial score (nSPS) is 11.8. The zero-order chi connectivity index (χ0) is 14.3. The van der Waals surface area contributed by atoms with Crippen LogP contribution in [0.2, 0.25) is 0 Å². The number of rotatable bonds is 7. The molecule has 1 aromatic rings. The van der Waals surface area contributed by atoms with E-state index in [0.717, 1.165) is 12.8 Å². The molecule has 1 rings (SSSR count). The minimum absolute atomic E-state index is 0.149. The maximum atomic E-state index is 12.0. The zero-order valence-electron chi connectivity index (χ0n) is 11.7. The average molecular weight is 266 g/mol. The molecule has 5 nitrogen and oxygen atoms in total. The van der Waals surface area contributed by atoms with Gasteiger partial charge in [-0.15, -0.1) is 0 Å². The van der Waals surface area contributed by atoms with Crippen molar-refractivity contribution < 1.29 is 14.3 Å². The van der Waals surface area contributed by atoms with Crippen molar-refractivity contribution in [2.75, 3.05) is 20.8 Å². The highest BCUT2D eigenvalue weighted by Crippen LogP contribution is 2.24. The number of carbonyl (C=O) groups is 1. The number of amides is 1. The molecule has 19 heavy (non-hydrogen) atoms. The van der Waals surface area contributed by atoms with Crippen molar-refractivity contribution in [3.05, 3.63) is 23.8 Å². The van der Waals surface area contributed by atoms with Crippen molar-refractivity contribution >= 4 is 5.91 Å². The second-order valence-corrected chi connectivity index (χ2v) is 4.44. The summed E-state index contributed by atoms with van der Waals surface area (Å²) in [5.41, 5.74) is 6.16. The van der Waals surface area contributed by atoms with Crippen molar-refractivity contribution in [2.24, 2.45) is 5.73 Å². The van der Waals surface area contributed by atoms with Gasteiger partial charge in [-0.2, -0.15) is 0 Å². The van der Waals surface area contributed by atoms with Gasteiger partial charge < -0.3 is 20.5 Å². The van der Waals surface area contributed by atoms with Crippen molar-refractivity contribution in [1.82, 2.24) is 5.32 Å². The number of carbonyl (C=O) groups excluding carboxylic acids is 1. The first-order chi connectivity index (χ1) is 9.08. The molecule has 1 amide bonds. The van der Waals surface area contributed by atoms with E-state index < -0.39 is 0 Å². The van der Waals surface area contributed by atoms with E-state index in [2.05, 4.69) is 5.32 Å². The van der Waals surface area contributed by atoms with E-state index in [-0.39, 0.29) is 11.9 Å². The molecule has 0 heterocycles. The van der Waals surface area contributed by atoms with Crippen LogP contribution in [0.1, 0.15) is 30.1 Å². The van der Waals surface area contributed by atoms with Gasteiger partial charge in [0.05, 0.1) is 19.8 Å². The van der Waals surface area contributed by atoms with E-state index in [1.165, 1.54) is 7.11 Å². The summed E-state index contributed by atoms with van der Waals surface area (Å²) in [6.07, 6.45) is 1.75. The van der Waals surface area contributed by atoms with Crippen LogP contribution in [0.25, 0.3) is 0 Å². The van der Waals surface area contributed by atoms with Gasteiger partial charge in [0, 0.05) is 18.7 Å². The number of nitrogens with two attached hydrogens (primary N) is 1. The second-order valence-electron chi connectivity index (χ2n) is 4.44. The third-order valence-corrected chi connectivity index (χ3v) is 2.78. The Labute approximate surface area is 114 Å². The minimum Gasteiger partial charge on any atom is -0.497 e. The molecule has 5 heteroatoms. The fourth-order valence-corrected chi connectivity index (χ4v) is 1.71. The Hall–Kier alpha value is -1.75. The molecular formula is C14H22N2O3. The number of nitrogens with one attached hydrogen (secondary N) is 1. The first-order valence-corrected chi connectivity index (χ1v) is 6.34. The Kier molecular flexibility index (Phi) is 6.15. The second kappa shape index (κ2) is 7.63. The van der Waals surface area contributed by atoms with Crippen LogP contribution in [0.3, 0.4) is 0 Å². The zero-order valence-corrected chi connectivity index (χ0v) is 11.7. The maximum Gasteiger partial charge on any atom is 0.255 e. The molecule has 106 valence electrons. The Morgan fingerprint density at radius 1 is 1.37 bits per heavy atom. The summed E-state index contributed by atoms with van der Waals surface area (Å²) in [5, 5.41) is 2.85. The predicted molar refractivity (Wildman–Crippen MR) is 74.8 cm³/mol. The third-order valence-electron chi connectivity index (χ3n) is 2.78. The fraction of sp³-hybridized carbons (Fsp3) is 0.500. The molecule has 0 aliphatic heterocycles. The van der Waals surface area contributed by atoms with Crippen LogP contribution in [0, 0.1) is 0 Å². The van der Waals surface area contributed by atoms with E-state index in [0.29, 0.717) is 23.6 Å². The van der Waals surface area contributed by atoms with Gasteiger partial charge >= 0.3 is 0 Å². The van der Waals surface area contributed by atoms with Crippen LogP contribution >= 0.6 is 0 Å². The summed E-state index contributed by atoms with van der Waals surface area (Å²) < 4.78 is 10.3. The van der Waals surface area contributed by atoms with E-state index in [9.17, 15) is 4.79 Å². The van der Waals surface area contributed by atoms with Crippen LogP contribution in [0.4, 0.5) is 0 Å². The molecule has 0 spiro atoms. The number of methoxy groups -OCH3 is 2. The van der Waals surface area contributed by atoms with Gasteiger partial charge in [0.25, 0.3) is 5.91 Å². The summed E-state index contributed by atoms with van der Waals surface area (Å²) in [6, 6.07) is 5.28. The Bertz CT molecular complexity index is 419. The molecule has 0 saturated heterocycles. The molecule has 3 N–H and O–H groups in total. The van der Waals surface area contributed by atoms with E-state index in [4.69, 9.17) is 15.2 Å². The molecule has 1 atom stereocenters.